The van der Waals surface area contributed by atoms with E-state index in [1.165, 1.54) is 21.9 Å². The first-order valence-corrected chi connectivity index (χ1v) is 11.2. The molecule has 29 heavy (non-hydrogen) atoms. The molecule has 1 aliphatic heterocycles. The Morgan fingerprint density at radius 3 is 2.72 bits per heavy atom. The Balaban J connectivity index is 1.40. The zero-order valence-corrected chi connectivity index (χ0v) is 18.5. The van der Waals surface area contributed by atoms with E-state index in [1.54, 1.807) is 0 Å². The number of nitrogens with zero attached hydrogens (tertiary/aromatic N) is 4. The molecule has 0 aliphatic carbocycles. The van der Waals surface area contributed by atoms with Crippen molar-refractivity contribution in [2.75, 3.05) is 31.5 Å². The van der Waals surface area contributed by atoms with Gasteiger partial charge in [0.15, 0.2) is 0 Å². The van der Waals surface area contributed by atoms with Crippen LogP contribution in [0.4, 0.5) is 5.13 Å². The number of nitrogens with one attached hydrogen (secondary N) is 1. The van der Waals surface area contributed by atoms with Crippen molar-refractivity contribution >= 4 is 27.4 Å². The molecular formula is C20H31N5O3S. The molecule has 0 spiro atoms. The van der Waals surface area contributed by atoms with Crippen molar-refractivity contribution in [2.24, 2.45) is 5.92 Å². The fourth-order valence-corrected chi connectivity index (χ4v) is 4.23. The summed E-state index contributed by atoms with van der Waals surface area (Å²) in [6.45, 7) is 11.3. The largest absolute Gasteiger partial charge is 0.460 e. The van der Waals surface area contributed by atoms with E-state index < -0.39 is 5.60 Å². The fourth-order valence-electron chi connectivity index (χ4n) is 3.38. The lowest BCUT2D eigenvalue weighted by Gasteiger charge is -2.32. The molecule has 0 bridgehead atoms. The van der Waals surface area contributed by atoms with Crippen LogP contribution in [0.2, 0.25) is 0 Å². The predicted octanol–water partition coefficient (Wildman–Crippen LogP) is 2.57. The Bertz CT molecular complexity index is 894. The Morgan fingerprint density at radius 1 is 1.34 bits per heavy atom. The van der Waals surface area contributed by atoms with Gasteiger partial charge in [-0.1, -0.05) is 18.3 Å². The molecule has 0 amide bonds. The Hall–Kier alpha value is -2.00. The summed E-state index contributed by atoms with van der Waals surface area (Å²) in [6.07, 6.45) is 3.41. The molecule has 8 nitrogen and oxygen atoms in total. The molecule has 2 aromatic rings. The van der Waals surface area contributed by atoms with Crippen LogP contribution in [-0.2, 0) is 16.0 Å². The van der Waals surface area contributed by atoms with Crippen LogP contribution < -0.4 is 10.9 Å². The number of aryl methyl sites for hydroxylation is 1. The van der Waals surface area contributed by atoms with Gasteiger partial charge in [-0.05, 0) is 66.1 Å². The van der Waals surface area contributed by atoms with Crippen LogP contribution in [0.3, 0.4) is 0 Å². The van der Waals surface area contributed by atoms with E-state index in [4.69, 9.17) is 4.74 Å². The molecule has 0 unspecified atom stereocenters. The summed E-state index contributed by atoms with van der Waals surface area (Å²) in [5.41, 5.74) is 0.239. The molecule has 160 valence electrons. The standard InChI is InChI=1S/C20H31N5O3S/c1-5-15-13-16(26)25-19(22-15)29-18(23-25)21-9-6-10-24-11-7-14(8-12-24)17(27)28-20(2,3)4/h13-14H,5-12H2,1-4H3,(H,21,23). The van der Waals surface area contributed by atoms with E-state index in [0.29, 0.717) is 10.1 Å². The smallest absolute Gasteiger partial charge is 0.309 e. The van der Waals surface area contributed by atoms with Gasteiger partial charge in [-0.3, -0.25) is 9.59 Å². The molecule has 1 N–H and O–H groups in total. The van der Waals surface area contributed by atoms with Crippen LogP contribution in [0.1, 0.15) is 52.7 Å². The number of rotatable bonds is 7. The molecule has 0 saturated carbocycles. The van der Waals surface area contributed by atoms with Crippen LogP contribution in [-0.4, -0.2) is 57.2 Å². The van der Waals surface area contributed by atoms with Crippen LogP contribution in [0.15, 0.2) is 10.9 Å². The predicted molar refractivity (Wildman–Crippen MR) is 115 cm³/mol. The highest BCUT2D eigenvalue weighted by atomic mass is 32.1. The molecule has 0 atom stereocenters. The van der Waals surface area contributed by atoms with Crippen molar-refractivity contribution in [1.82, 2.24) is 19.5 Å². The highest BCUT2D eigenvalue weighted by molar-refractivity contribution is 7.20. The number of likely N-dealkylation sites (tertiary alicyclic amines) is 1. The lowest BCUT2D eigenvalue weighted by Crippen LogP contribution is -2.39. The van der Waals surface area contributed by atoms with E-state index in [1.807, 2.05) is 27.7 Å². The van der Waals surface area contributed by atoms with Gasteiger partial charge in [-0.15, -0.1) is 5.10 Å². The third-order valence-electron chi connectivity index (χ3n) is 4.92. The minimum Gasteiger partial charge on any atom is -0.460 e. The highest BCUT2D eigenvalue weighted by Crippen LogP contribution is 2.22. The molecule has 0 aromatic carbocycles. The van der Waals surface area contributed by atoms with Gasteiger partial charge in [0.2, 0.25) is 10.1 Å². The third kappa shape index (κ3) is 5.99. The molecule has 1 aliphatic rings. The van der Waals surface area contributed by atoms with Crippen molar-refractivity contribution in [2.45, 2.75) is 59.0 Å². The van der Waals surface area contributed by atoms with Crippen molar-refractivity contribution in [1.29, 1.82) is 0 Å². The van der Waals surface area contributed by atoms with Gasteiger partial charge in [0, 0.05) is 18.3 Å². The summed E-state index contributed by atoms with van der Waals surface area (Å²) in [7, 11) is 0. The number of ether oxygens (including phenoxy) is 1. The second-order valence-electron chi connectivity index (χ2n) is 8.47. The average Bonchev–Trinajstić information content (AvgIpc) is 3.08. The van der Waals surface area contributed by atoms with Crippen molar-refractivity contribution in [3.05, 3.63) is 22.1 Å². The van der Waals surface area contributed by atoms with Crippen molar-refractivity contribution in [3.63, 3.8) is 0 Å². The van der Waals surface area contributed by atoms with Gasteiger partial charge in [-0.25, -0.2) is 4.98 Å². The number of carbonyl (C=O) groups is 1. The first-order chi connectivity index (χ1) is 13.7. The number of aromatic nitrogens is 3. The number of anilines is 1. The van der Waals surface area contributed by atoms with Crippen LogP contribution in [0, 0.1) is 5.92 Å². The fraction of sp³-hybridized carbons (Fsp3) is 0.700. The molecule has 0 radical (unpaired) electrons. The second-order valence-corrected chi connectivity index (χ2v) is 9.43. The number of piperidine rings is 1. The number of esters is 1. The molecule has 9 heteroatoms. The van der Waals surface area contributed by atoms with Gasteiger partial charge in [-0.2, -0.15) is 4.52 Å². The minimum absolute atomic E-state index is 0.0187. The minimum atomic E-state index is -0.417. The SMILES string of the molecule is CCc1cc(=O)n2nc(NCCCN3CCC(C(=O)OC(C)(C)C)CC3)sc2n1. The van der Waals surface area contributed by atoms with Crippen LogP contribution in [0.25, 0.3) is 4.96 Å². The van der Waals surface area contributed by atoms with E-state index in [9.17, 15) is 9.59 Å². The summed E-state index contributed by atoms with van der Waals surface area (Å²) in [5, 5.41) is 8.33. The maximum atomic E-state index is 12.2. The molecular weight excluding hydrogens is 390 g/mol. The Labute approximate surface area is 175 Å². The Morgan fingerprint density at radius 2 is 2.07 bits per heavy atom. The van der Waals surface area contributed by atoms with Gasteiger partial charge in [0.05, 0.1) is 5.92 Å². The zero-order chi connectivity index (χ0) is 21.0. The zero-order valence-electron chi connectivity index (χ0n) is 17.7. The number of hydrogen-bond donors (Lipinski definition) is 1. The summed E-state index contributed by atoms with van der Waals surface area (Å²) in [5.74, 6) is -0.0464. The normalized spacial score (nSPS) is 16.3. The van der Waals surface area contributed by atoms with E-state index >= 15 is 0 Å². The van der Waals surface area contributed by atoms with E-state index in [0.717, 1.165) is 57.6 Å². The molecule has 3 rings (SSSR count). The topological polar surface area (TPSA) is 88.8 Å². The van der Waals surface area contributed by atoms with Crippen LogP contribution in [0.5, 0.6) is 0 Å². The Kier molecular flexibility index (Phi) is 6.89. The second kappa shape index (κ2) is 9.21. The maximum Gasteiger partial charge on any atom is 0.309 e. The van der Waals surface area contributed by atoms with Gasteiger partial charge in [0.1, 0.15) is 5.60 Å². The summed E-state index contributed by atoms with van der Waals surface area (Å²) < 4.78 is 6.86. The number of fused-ring (bicyclic) bond motifs is 1. The van der Waals surface area contributed by atoms with Gasteiger partial charge >= 0.3 is 5.97 Å². The molecule has 1 saturated heterocycles. The van der Waals surface area contributed by atoms with Gasteiger partial charge < -0.3 is 15.0 Å². The quantitative estimate of drug-likeness (QED) is 0.543. The van der Waals surface area contributed by atoms with Crippen molar-refractivity contribution in [3.8, 4) is 0 Å². The van der Waals surface area contributed by atoms with E-state index in [2.05, 4.69) is 20.3 Å². The number of carbonyl (C=O) groups excluding carboxylic acids is 1. The monoisotopic (exact) mass is 421 g/mol. The van der Waals surface area contributed by atoms with Crippen LogP contribution >= 0.6 is 11.3 Å². The average molecular weight is 422 g/mol. The highest BCUT2D eigenvalue weighted by Gasteiger charge is 2.28. The van der Waals surface area contributed by atoms with Crippen molar-refractivity contribution < 1.29 is 9.53 Å². The van der Waals surface area contributed by atoms with Gasteiger partial charge in [0.25, 0.3) is 5.56 Å². The maximum absolute atomic E-state index is 12.2. The summed E-state index contributed by atoms with van der Waals surface area (Å²) in [6, 6.07) is 1.54. The lowest BCUT2D eigenvalue weighted by molar-refractivity contribution is -0.161. The summed E-state index contributed by atoms with van der Waals surface area (Å²) >= 11 is 1.40. The number of hydrogen-bond acceptors (Lipinski definition) is 8. The molecule has 3 heterocycles. The first kappa shape index (κ1) is 21.7. The first-order valence-electron chi connectivity index (χ1n) is 10.3. The molecule has 2 aromatic heterocycles. The molecule has 1 fully saturated rings. The summed E-state index contributed by atoms with van der Waals surface area (Å²) in [4.78, 5) is 31.7. The lowest BCUT2D eigenvalue weighted by atomic mass is 9.96. The van der Waals surface area contributed by atoms with E-state index in [-0.39, 0.29) is 17.4 Å². The third-order valence-corrected chi connectivity index (χ3v) is 5.78.